The van der Waals surface area contributed by atoms with Crippen LogP contribution in [0.25, 0.3) is 27.3 Å². The predicted molar refractivity (Wildman–Crippen MR) is 94.4 cm³/mol. The number of pyridine rings is 1. The number of carboxylic acid groups (broad SMARTS) is 1. The molecule has 0 unspecified atom stereocenters. The van der Waals surface area contributed by atoms with Gasteiger partial charge in [-0.15, -0.1) is 17.8 Å². The number of hydrogen-bond acceptors (Lipinski definition) is 5. The zero-order valence-corrected chi connectivity index (χ0v) is 13.6. The average molecular weight is 346 g/mol. The van der Waals surface area contributed by atoms with E-state index in [0.717, 1.165) is 0 Å². The number of aromatic nitrogens is 4. The number of hydrogen-bond donors (Lipinski definition) is 1. The van der Waals surface area contributed by atoms with E-state index in [1.54, 1.807) is 18.3 Å². The molecule has 4 heterocycles. The third-order valence-electron chi connectivity index (χ3n) is 3.64. The lowest BCUT2D eigenvalue weighted by Crippen LogP contribution is -2.05. The Morgan fingerprint density at radius 1 is 1.28 bits per heavy atom. The Kier molecular flexibility index (Phi) is 3.52. The van der Waals surface area contributed by atoms with Gasteiger partial charge < -0.3 is 5.11 Å². The predicted octanol–water partition coefficient (Wildman–Crippen LogP) is 3.20. The third kappa shape index (κ3) is 2.75. The minimum Gasteiger partial charge on any atom is -0.478 e. The van der Waals surface area contributed by atoms with Crippen molar-refractivity contribution in [3.8, 4) is 34.0 Å². The minimum atomic E-state index is -1.06. The average Bonchev–Trinajstić information content (AvgIpc) is 3.08. The molecule has 1 aliphatic heterocycles. The molecule has 120 valence electrons. The van der Waals surface area contributed by atoms with Crippen LogP contribution < -0.4 is 0 Å². The molecule has 25 heavy (non-hydrogen) atoms. The summed E-state index contributed by atoms with van der Waals surface area (Å²) in [5, 5.41) is 15.1. The van der Waals surface area contributed by atoms with Crippen molar-refractivity contribution >= 4 is 23.0 Å². The summed E-state index contributed by atoms with van der Waals surface area (Å²) in [5.74, 6) is 1.48. The first kappa shape index (κ1) is 15.1. The van der Waals surface area contributed by atoms with Crippen LogP contribution >= 0.6 is 11.3 Å². The highest BCUT2D eigenvalue weighted by molar-refractivity contribution is 7.13. The van der Waals surface area contributed by atoms with Gasteiger partial charge in [-0.05, 0) is 17.5 Å². The Labute approximate surface area is 146 Å². The maximum absolute atomic E-state index is 11.4. The number of carbonyl (C=O) groups is 1. The fourth-order valence-electron chi connectivity index (χ4n) is 2.34. The molecule has 6 nitrogen and oxygen atoms in total. The maximum atomic E-state index is 11.4. The molecule has 0 atom stereocenters. The Balaban J connectivity index is 0.000000217. The van der Waals surface area contributed by atoms with Gasteiger partial charge in [0.15, 0.2) is 5.65 Å². The fourth-order valence-corrected chi connectivity index (χ4v) is 3.20. The zero-order chi connectivity index (χ0) is 17.4. The molecule has 5 rings (SSSR count). The molecule has 0 amide bonds. The molecule has 0 fully saturated rings. The van der Waals surface area contributed by atoms with Gasteiger partial charge in [0, 0.05) is 41.3 Å². The molecule has 1 aliphatic carbocycles. The number of rotatable bonds is 2. The van der Waals surface area contributed by atoms with Crippen LogP contribution in [0.4, 0.5) is 0 Å². The van der Waals surface area contributed by atoms with Crippen LogP contribution in [-0.2, 0) is 0 Å². The number of fused-ring (bicyclic) bond motifs is 2. The van der Waals surface area contributed by atoms with Crippen LogP contribution in [0.15, 0.2) is 48.4 Å². The van der Waals surface area contributed by atoms with Gasteiger partial charge in [-0.25, -0.2) is 14.3 Å². The third-order valence-corrected chi connectivity index (χ3v) is 4.56. The molecule has 0 saturated heterocycles. The van der Waals surface area contributed by atoms with Gasteiger partial charge >= 0.3 is 5.97 Å². The quantitative estimate of drug-likeness (QED) is 0.497. The summed E-state index contributed by atoms with van der Waals surface area (Å²) >= 11 is 1.37. The molecule has 0 bridgehead atoms. The van der Waals surface area contributed by atoms with Crippen LogP contribution in [-0.4, -0.2) is 30.7 Å². The van der Waals surface area contributed by atoms with Gasteiger partial charge in [-0.1, -0.05) is 5.92 Å². The maximum Gasteiger partial charge on any atom is 0.339 e. The Hall–Kier alpha value is -3.50. The summed E-state index contributed by atoms with van der Waals surface area (Å²) in [6.07, 6.45) is 12.2. The molecule has 3 aromatic heterocycles. The van der Waals surface area contributed by atoms with E-state index < -0.39 is 5.97 Å². The molecule has 0 aromatic carbocycles. The first-order valence-electron chi connectivity index (χ1n) is 7.25. The van der Waals surface area contributed by atoms with E-state index in [-0.39, 0.29) is 5.56 Å². The van der Waals surface area contributed by atoms with Crippen molar-refractivity contribution < 1.29 is 9.90 Å². The lowest BCUT2D eigenvalue weighted by molar-refractivity contribution is 0.0696. The molecule has 0 radical (unpaired) electrons. The minimum absolute atomic E-state index is 0.0788. The van der Waals surface area contributed by atoms with Gasteiger partial charge in [-0.3, -0.25) is 4.98 Å². The summed E-state index contributed by atoms with van der Waals surface area (Å²) < 4.78 is 1.43. The van der Waals surface area contributed by atoms with Crippen molar-refractivity contribution in [1.29, 1.82) is 0 Å². The van der Waals surface area contributed by atoms with E-state index in [1.807, 2.05) is 17.8 Å². The van der Waals surface area contributed by atoms with Gasteiger partial charge in [-0.2, -0.15) is 5.10 Å². The van der Waals surface area contributed by atoms with Gasteiger partial charge in [0.2, 0.25) is 0 Å². The van der Waals surface area contributed by atoms with Gasteiger partial charge in [0.05, 0.1) is 11.1 Å². The lowest BCUT2D eigenvalue weighted by atomic mass is 10.1. The summed E-state index contributed by atoms with van der Waals surface area (Å²) in [6, 6.07) is 5.58. The molecule has 7 heteroatoms. The summed E-state index contributed by atoms with van der Waals surface area (Å²) in [6.45, 7) is 0. The molecule has 0 saturated carbocycles. The first-order chi connectivity index (χ1) is 12.2. The molecular formula is C18H10N4O2S. The lowest BCUT2D eigenvalue weighted by Gasteiger charge is -2.05. The second kappa shape index (κ2) is 5.85. The van der Waals surface area contributed by atoms with Gasteiger partial charge in [0.25, 0.3) is 0 Å². The topological polar surface area (TPSA) is 80.4 Å². The number of terminal acetylenes is 1. The Morgan fingerprint density at radius 3 is 2.68 bits per heavy atom. The van der Waals surface area contributed by atoms with Gasteiger partial charge in [0.1, 0.15) is 11.3 Å². The zero-order valence-electron chi connectivity index (χ0n) is 12.7. The van der Waals surface area contributed by atoms with Crippen LogP contribution in [0, 0.1) is 12.3 Å². The fraction of sp³-hybridized carbons (Fsp3) is 0. The van der Waals surface area contributed by atoms with Crippen molar-refractivity contribution in [1.82, 2.24) is 19.6 Å². The first-order valence-corrected chi connectivity index (χ1v) is 8.13. The SMILES string of the molecule is C#Cc1ccsc1-c1nc2ccnn2cc1C(=O)O.c1ncc2cc1-2. The summed E-state index contributed by atoms with van der Waals surface area (Å²) in [7, 11) is 0. The largest absolute Gasteiger partial charge is 0.478 e. The molecule has 3 aromatic rings. The van der Waals surface area contributed by atoms with Crippen molar-refractivity contribution in [2.24, 2.45) is 0 Å². The standard InChI is InChI=1S/C13H7N3O2S.C5H3N/c1-2-8-4-6-19-12(8)11-9(13(17)18)7-16-10(15-11)3-5-14-16;1-4-2-6-3-5(1)4/h1,3-7H,(H,17,18);1-3H. The normalized spacial score (nSPS) is 10.7. The smallest absolute Gasteiger partial charge is 0.339 e. The second-order valence-electron chi connectivity index (χ2n) is 5.21. The van der Waals surface area contributed by atoms with E-state index >= 15 is 0 Å². The van der Waals surface area contributed by atoms with Crippen molar-refractivity contribution in [2.45, 2.75) is 0 Å². The Morgan fingerprint density at radius 2 is 2.08 bits per heavy atom. The van der Waals surface area contributed by atoms with Crippen molar-refractivity contribution in [3.05, 3.63) is 59.5 Å². The van der Waals surface area contributed by atoms with Crippen molar-refractivity contribution in [2.75, 3.05) is 0 Å². The molecule has 0 spiro atoms. The highest BCUT2D eigenvalue weighted by Gasteiger charge is 2.18. The van der Waals surface area contributed by atoms with E-state index in [9.17, 15) is 9.90 Å². The van der Waals surface area contributed by atoms with E-state index in [0.29, 0.717) is 21.8 Å². The molecular weight excluding hydrogens is 336 g/mol. The Bertz CT molecular complexity index is 1140. The monoisotopic (exact) mass is 346 g/mol. The number of aromatic carboxylic acids is 1. The number of carboxylic acids is 1. The number of thiophene rings is 1. The summed E-state index contributed by atoms with van der Waals surface area (Å²) in [4.78, 5) is 20.2. The second-order valence-corrected chi connectivity index (χ2v) is 6.13. The van der Waals surface area contributed by atoms with Crippen molar-refractivity contribution in [3.63, 3.8) is 0 Å². The number of nitrogens with zero attached hydrogens (tertiary/aromatic N) is 4. The summed E-state index contributed by atoms with van der Waals surface area (Å²) in [5.41, 5.74) is 4.31. The van der Waals surface area contributed by atoms with Crippen LogP contribution in [0.1, 0.15) is 15.9 Å². The highest BCUT2D eigenvalue weighted by atomic mass is 32.1. The highest BCUT2D eigenvalue weighted by Crippen LogP contribution is 2.31. The van der Waals surface area contributed by atoms with E-state index in [4.69, 9.17) is 6.42 Å². The van der Waals surface area contributed by atoms with Crippen LogP contribution in [0.5, 0.6) is 0 Å². The van der Waals surface area contributed by atoms with Crippen LogP contribution in [0.2, 0.25) is 0 Å². The molecule has 2 aliphatic rings. The van der Waals surface area contributed by atoms with E-state index in [2.05, 4.69) is 27.1 Å². The van der Waals surface area contributed by atoms with E-state index in [1.165, 1.54) is 33.2 Å². The molecule has 1 N–H and O–H groups in total. The van der Waals surface area contributed by atoms with Crippen LogP contribution in [0.3, 0.4) is 0 Å².